The standard InChI is InChI=1S/C19H21ClN2O2S/c1-10-8-12(11(2)15-17(10)25-7-6-19(15,3)4)16(23)14-13(20)9-21-22(5)18(14)24/h8-9H,6-7H2,1-5H3. The summed E-state index contributed by atoms with van der Waals surface area (Å²) in [7, 11) is 1.51. The number of aryl methyl sites for hydroxylation is 2. The quantitative estimate of drug-likeness (QED) is 0.742. The predicted octanol–water partition coefficient (Wildman–Crippen LogP) is 4.05. The summed E-state index contributed by atoms with van der Waals surface area (Å²) in [5.74, 6) is 0.743. The smallest absolute Gasteiger partial charge is 0.279 e. The van der Waals surface area contributed by atoms with Crippen LogP contribution in [0.3, 0.4) is 0 Å². The molecule has 132 valence electrons. The number of carbonyl (C=O) groups is 1. The number of hydrogen-bond acceptors (Lipinski definition) is 4. The zero-order valence-corrected chi connectivity index (χ0v) is 16.6. The minimum Gasteiger partial charge on any atom is -0.288 e. The molecule has 25 heavy (non-hydrogen) atoms. The molecule has 0 radical (unpaired) electrons. The van der Waals surface area contributed by atoms with Crippen LogP contribution in [0.15, 0.2) is 22.0 Å². The third-order valence-electron chi connectivity index (χ3n) is 4.94. The van der Waals surface area contributed by atoms with Crippen LogP contribution in [0.5, 0.6) is 0 Å². The summed E-state index contributed by atoms with van der Waals surface area (Å²) >= 11 is 7.98. The Morgan fingerprint density at radius 2 is 2.04 bits per heavy atom. The SMILES string of the molecule is Cc1cc(C(=O)c2c(Cl)cnn(C)c2=O)c(C)c2c1SCCC2(C)C. The zero-order chi connectivity index (χ0) is 18.5. The summed E-state index contributed by atoms with van der Waals surface area (Å²) in [6, 6.07) is 1.89. The third kappa shape index (κ3) is 2.93. The highest BCUT2D eigenvalue weighted by Crippen LogP contribution is 2.45. The monoisotopic (exact) mass is 376 g/mol. The molecule has 0 N–H and O–H groups in total. The van der Waals surface area contributed by atoms with Crippen molar-refractivity contribution < 1.29 is 4.79 Å². The second-order valence-electron chi connectivity index (χ2n) is 7.18. The van der Waals surface area contributed by atoms with E-state index in [-0.39, 0.29) is 21.8 Å². The number of halogens is 1. The number of carbonyl (C=O) groups excluding carboxylic acids is 1. The van der Waals surface area contributed by atoms with Gasteiger partial charge in [0.1, 0.15) is 5.56 Å². The number of hydrogen-bond donors (Lipinski definition) is 0. The van der Waals surface area contributed by atoms with E-state index in [2.05, 4.69) is 18.9 Å². The summed E-state index contributed by atoms with van der Waals surface area (Å²) in [5.41, 5.74) is 3.30. The highest BCUT2D eigenvalue weighted by molar-refractivity contribution is 7.99. The normalized spacial score (nSPS) is 15.8. The highest BCUT2D eigenvalue weighted by Gasteiger charge is 2.33. The first-order valence-corrected chi connectivity index (χ1v) is 9.55. The molecular weight excluding hydrogens is 356 g/mol. The molecule has 1 aliphatic heterocycles. The second kappa shape index (κ2) is 6.29. The first kappa shape index (κ1) is 18.2. The van der Waals surface area contributed by atoms with Crippen molar-refractivity contribution in [3.63, 3.8) is 0 Å². The van der Waals surface area contributed by atoms with E-state index in [4.69, 9.17) is 11.6 Å². The summed E-state index contributed by atoms with van der Waals surface area (Å²) in [6.07, 6.45) is 2.40. The predicted molar refractivity (Wildman–Crippen MR) is 102 cm³/mol. The molecule has 0 spiro atoms. The zero-order valence-electron chi connectivity index (χ0n) is 15.1. The van der Waals surface area contributed by atoms with Crippen molar-refractivity contribution in [3.05, 3.63) is 55.5 Å². The van der Waals surface area contributed by atoms with Gasteiger partial charge in [-0.3, -0.25) is 9.59 Å². The van der Waals surface area contributed by atoms with Gasteiger partial charge in [-0.05, 0) is 54.2 Å². The summed E-state index contributed by atoms with van der Waals surface area (Å²) in [4.78, 5) is 26.8. The van der Waals surface area contributed by atoms with Crippen molar-refractivity contribution in [2.24, 2.45) is 7.05 Å². The fourth-order valence-corrected chi connectivity index (χ4v) is 5.41. The number of fused-ring (bicyclic) bond motifs is 1. The molecule has 1 aromatic carbocycles. The lowest BCUT2D eigenvalue weighted by Crippen LogP contribution is -2.29. The maximum atomic E-state index is 13.2. The molecule has 2 heterocycles. The number of nitrogens with zero attached hydrogens (tertiary/aromatic N) is 2. The Morgan fingerprint density at radius 3 is 2.72 bits per heavy atom. The van der Waals surface area contributed by atoms with Gasteiger partial charge in [-0.15, -0.1) is 11.8 Å². The van der Waals surface area contributed by atoms with Crippen LogP contribution in [0.4, 0.5) is 0 Å². The van der Waals surface area contributed by atoms with E-state index in [9.17, 15) is 9.59 Å². The van der Waals surface area contributed by atoms with Crippen LogP contribution in [-0.2, 0) is 12.5 Å². The summed E-state index contributed by atoms with van der Waals surface area (Å²) < 4.78 is 1.14. The van der Waals surface area contributed by atoms with Crippen LogP contribution in [0, 0.1) is 13.8 Å². The van der Waals surface area contributed by atoms with Crippen LogP contribution < -0.4 is 5.56 Å². The molecule has 0 aliphatic carbocycles. The molecule has 0 saturated heterocycles. The molecule has 0 fully saturated rings. The Labute approximate surface area is 156 Å². The topological polar surface area (TPSA) is 52.0 Å². The van der Waals surface area contributed by atoms with E-state index in [1.807, 2.05) is 31.7 Å². The van der Waals surface area contributed by atoms with Crippen molar-refractivity contribution in [2.75, 3.05) is 5.75 Å². The van der Waals surface area contributed by atoms with Gasteiger partial charge in [-0.25, -0.2) is 4.68 Å². The number of rotatable bonds is 2. The Kier molecular flexibility index (Phi) is 4.58. The second-order valence-corrected chi connectivity index (χ2v) is 8.69. The van der Waals surface area contributed by atoms with Gasteiger partial charge >= 0.3 is 0 Å². The van der Waals surface area contributed by atoms with Crippen molar-refractivity contribution in [3.8, 4) is 0 Å². The van der Waals surface area contributed by atoms with Gasteiger partial charge in [0.2, 0.25) is 5.78 Å². The largest absolute Gasteiger partial charge is 0.288 e. The fraction of sp³-hybridized carbons (Fsp3) is 0.421. The van der Waals surface area contributed by atoms with Gasteiger partial charge in [0.15, 0.2) is 0 Å². The first-order chi connectivity index (χ1) is 11.6. The van der Waals surface area contributed by atoms with Crippen molar-refractivity contribution in [1.82, 2.24) is 9.78 Å². The number of aromatic nitrogens is 2. The van der Waals surface area contributed by atoms with Crippen LogP contribution >= 0.6 is 23.4 Å². The van der Waals surface area contributed by atoms with Gasteiger partial charge in [0.05, 0.1) is 11.2 Å². The summed E-state index contributed by atoms with van der Waals surface area (Å²) in [5, 5.41) is 3.96. The number of benzene rings is 1. The van der Waals surface area contributed by atoms with Crippen molar-refractivity contribution in [1.29, 1.82) is 0 Å². The lowest BCUT2D eigenvalue weighted by molar-refractivity contribution is 0.103. The molecule has 3 rings (SSSR count). The minimum atomic E-state index is -0.471. The van der Waals surface area contributed by atoms with E-state index >= 15 is 0 Å². The van der Waals surface area contributed by atoms with E-state index in [0.717, 1.165) is 28.0 Å². The Morgan fingerprint density at radius 1 is 1.36 bits per heavy atom. The van der Waals surface area contributed by atoms with E-state index in [1.54, 1.807) is 0 Å². The van der Waals surface area contributed by atoms with Gasteiger partial charge in [0, 0.05) is 17.5 Å². The average molecular weight is 377 g/mol. The molecule has 0 bridgehead atoms. The van der Waals surface area contributed by atoms with Crippen LogP contribution in [0.2, 0.25) is 5.02 Å². The Hall–Kier alpha value is -1.59. The molecular formula is C19H21ClN2O2S. The average Bonchev–Trinajstić information content (AvgIpc) is 2.53. The lowest BCUT2D eigenvalue weighted by atomic mass is 9.77. The maximum absolute atomic E-state index is 13.2. The van der Waals surface area contributed by atoms with Crippen LogP contribution in [-0.4, -0.2) is 21.3 Å². The summed E-state index contributed by atoms with van der Waals surface area (Å²) in [6.45, 7) is 8.42. The minimum absolute atomic E-state index is 0.00127. The van der Waals surface area contributed by atoms with Crippen molar-refractivity contribution >= 4 is 29.1 Å². The van der Waals surface area contributed by atoms with E-state index in [0.29, 0.717) is 5.56 Å². The molecule has 0 unspecified atom stereocenters. The van der Waals surface area contributed by atoms with Crippen molar-refractivity contribution in [2.45, 2.75) is 44.4 Å². The molecule has 1 aromatic heterocycles. The maximum Gasteiger partial charge on any atom is 0.279 e. The van der Waals surface area contributed by atoms with Crippen LogP contribution in [0.1, 0.15) is 52.9 Å². The van der Waals surface area contributed by atoms with Gasteiger partial charge in [-0.1, -0.05) is 25.4 Å². The Balaban J connectivity index is 2.27. The molecule has 6 heteroatoms. The van der Waals surface area contributed by atoms with Gasteiger partial charge in [0.25, 0.3) is 5.56 Å². The van der Waals surface area contributed by atoms with Gasteiger partial charge in [-0.2, -0.15) is 5.10 Å². The molecule has 4 nitrogen and oxygen atoms in total. The van der Waals surface area contributed by atoms with Crippen LogP contribution in [0.25, 0.3) is 0 Å². The third-order valence-corrected chi connectivity index (χ3v) is 6.45. The number of ketones is 1. The molecule has 0 atom stereocenters. The molecule has 2 aromatic rings. The first-order valence-electron chi connectivity index (χ1n) is 8.19. The molecule has 0 amide bonds. The van der Waals surface area contributed by atoms with E-state index in [1.165, 1.54) is 23.7 Å². The highest BCUT2D eigenvalue weighted by atomic mass is 35.5. The van der Waals surface area contributed by atoms with Gasteiger partial charge < -0.3 is 0 Å². The Bertz CT molecular complexity index is 947. The number of thioether (sulfide) groups is 1. The molecule has 0 saturated carbocycles. The lowest BCUT2D eigenvalue weighted by Gasteiger charge is -2.35. The van der Waals surface area contributed by atoms with E-state index < -0.39 is 5.56 Å². The molecule has 1 aliphatic rings. The fourth-order valence-electron chi connectivity index (χ4n) is 3.52.